The average molecular weight is 226 g/mol. The number of hydrogen-bond acceptors (Lipinski definition) is 2. The van der Waals surface area contributed by atoms with Crippen LogP contribution in [-0.4, -0.2) is 11.5 Å². The summed E-state index contributed by atoms with van der Waals surface area (Å²) >= 11 is 0. The number of aromatic nitrogens is 1. The van der Waals surface area contributed by atoms with E-state index in [1.807, 2.05) is 12.4 Å². The van der Waals surface area contributed by atoms with Gasteiger partial charge < -0.3 is 5.32 Å². The van der Waals surface area contributed by atoms with Crippen molar-refractivity contribution >= 4 is 0 Å². The van der Waals surface area contributed by atoms with Gasteiger partial charge in [0.2, 0.25) is 0 Å². The summed E-state index contributed by atoms with van der Waals surface area (Å²) in [7, 11) is 0. The van der Waals surface area contributed by atoms with Gasteiger partial charge in [0.25, 0.3) is 0 Å². The molecule has 0 aliphatic heterocycles. The fourth-order valence-electron chi connectivity index (χ4n) is 1.90. The maximum Gasteiger partial charge on any atom is 0.0346 e. The average Bonchev–Trinajstić information content (AvgIpc) is 2.37. The van der Waals surface area contributed by atoms with Crippen molar-refractivity contribution in [2.75, 3.05) is 6.54 Å². The van der Waals surface area contributed by atoms with E-state index >= 15 is 0 Å². The van der Waals surface area contributed by atoms with Crippen molar-refractivity contribution in [3.63, 3.8) is 0 Å². The molecule has 1 N–H and O–H groups in total. The van der Waals surface area contributed by atoms with Gasteiger partial charge in [0.05, 0.1) is 0 Å². The molecule has 2 rings (SSSR count). The Kier molecular flexibility index (Phi) is 3.89. The first-order chi connectivity index (χ1) is 8.31. The Morgan fingerprint density at radius 2 is 2.00 bits per heavy atom. The third-order valence-corrected chi connectivity index (χ3v) is 2.83. The third-order valence-electron chi connectivity index (χ3n) is 2.83. The Bertz CT molecular complexity index is 492. The van der Waals surface area contributed by atoms with Crippen LogP contribution in [0.25, 0.3) is 11.1 Å². The molecule has 1 heterocycles. The van der Waals surface area contributed by atoms with Crippen LogP contribution in [0.5, 0.6) is 0 Å². The Morgan fingerprint density at radius 1 is 1.18 bits per heavy atom. The van der Waals surface area contributed by atoms with Crippen molar-refractivity contribution in [2.45, 2.75) is 20.4 Å². The Morgan fingerprint density at radius 3 is 2.76 bits per heavy atom. The fourth-order valence-corrected chi connectivity index (χ4v) is 1.90. The van der Waals surface area contributed by atoms with E-state index in [9.17, 15) is 0 Å². The third kappa shape index (κ3) is 2.92. The maximum atomic E-state index is 4.32. The van der Waals surface area contributed by atoms with Crippen molar-refractivity contribution in [3.8, 4) is 11.1 Å². The van der Waals surface area contributed by atoms with Crippen LogP contribution in [0.15, 0.2) is 42.7 Å². The minimum Gasteiger partial charge on any atom is -0.313 e. The number of hydrogen-bond donors (Lipinski definition) is 1. The van der Waals surface area contributed by atoms with Crippen molar-refractivity contribution in [1.82, 2.24) is 10.3 Å². The van der Waals surface area contributed by atoms with Gasteiger partial charge in [-0.25, -0.2) is 0 Å². The first-order valence-electron chi connectivity index (χ1n) is 6.02. The second-order valence-corrected chi connectivity index (χ2v) is 4.18. The predicted octanol–water partition coefficient (Wildman–Crippen LogP) is 3.17. The minimum atomic E-state index is 0.878. The first kappa shape index (κ1) is 11.8. The van der Waals surface area contributed by atoms with Gasteiger partial charge >= 0.3 is 0 Å². The lowest BCUT2D eigenvalue weighted by atomic mass is 10.0. The van der Waals surface area contributed by atoms with Gasteiger partial charge in [-0.3, -0.25) is 4.98 Å². The second-order valence-electron chi connectivity index (χ2n) is 4.18. The molecule has 0 aliphatic carbocycles. The van der Waals surface area contributed by atoms with Crippen molar-refractivity contribution in [2.24, 2.45) is 0 Å². The number of pyridine rings is 1. The standard InChI is InChI=1S/C15H18N2/c1-3-16-9-13-8-14(11-17-10-13)15-7-5-4-6-12(15)2/h4-8,10-11,16H,3,9H2,1-2H3. The zero-order chi connectivity index (χ0) is 12.1. The molecule has 2 heteroatoms. The number of aryl methyl sites for hydroxylation is 1. The number of rotatable bonds is 4. The van der Waals surface area contributed by atoms with Gasteiger partial charge in [-0.05, 0) is 36.2 Å². The molecule has 1 aromatic heterocycles. The lowest BCUT2D eigenvalue weighted by Gasteiger charge is -2.07. The molecular formula is C15H18N2. The number of nitrogens with one attached hydrogen (secondary N) is 1. The lowest BCUT2D eigenvalue weighted by Crippen LogP contribution is -2.11. The SMILES string of the molecule is CCNCc1cncc(-c2ccccc2C)c1. The molecule has 0 unspecified atom stereocenters. The van der Waals surface area contributed by atoms with Crippen LogP contribution in [0, 0.1) is 6.92 Å². The van der Waals surface area contributed by atoms with E-state index in [1.54, 1.807) is 0 Å². The molecular weight excluding hydrogens is 208 g/mol. The van der Waals surface area contributed by atoms with Crippen LogP contribution in [-0.2, 0) is 6.54 Å². The van der Waals surface area contributed by atoms with E-state index in [2.05, 4.69) is 54.5 Å². The first-order valence-corrected chi connectivity index (χ1v) is 6.02. The molecule has 0 fully saturated rings. The predicted molar refractivity (Wildman–Crippen MR) is 71.8 cm³/mol. The van der Waals surface area contributed by atoms with Gasteiger partial charge in [-0.1, -0.05) is 31.2 Å². The molecule has 0 bridgehead atoms. The summed E-state index contributed by atoms with van der Waals surface area (Å²) in [5.74, 6) is 0. The highest BCUT2D eigenvalue weighted by atomic mass is 14.8. The van der Waals surface area contributed by atoms with Gasteiger partial charge in [-0.2, -0.15) is 0 Å². The Labute approximate surface area is 103 Å². The van der Waals surface area contributed by atoms with Gasteiger partial charge in [0.1, 0.15) is 0 Å². The maximum absolute atomic E-state index is 4.32. The summed E-state index contributed by atoms with van der Waals surface area (Å²) in [6, 6.07) is 10.6. The summed E-state index contributed by atoms with van der Waals surface area (Å²) in [5.41, 5.74) is 4.97. The van der Waals surface area contributed by atoms with Crippen molar-refractivity contribution in [3.05, 3.63) is 53.9 Å². The molecule has 0 aliphatic rings. The van der Waals surface area contributed by atoms with Gasteiger partial charge in [-0.15, -0.1) is 0 Å². The summed E-state index contributed by atoms with van der Waals surface area (Å²) in [6.45, 7) is 6.10. The highest BCUT2D eigenvalue weighted by Gasteiger charge is 2.02. The lowest BCUT2D eigenvalue weighted by molar-refractivity contribution is 0.724. The van der Waals surface area contributed by atoms with E-state index in [0.717, 1.165) is 13.1 Å². The molecule has 0 amide bonds. The van der Waals surface area contributed by atoms with E-state index in [0.29, 0.717) is 0 Å². The second kappa shape index (κ2) is 5.60. The van der Waals surface area contributed by atoms with Crippen LogP contribution in [0.4, 0.5) is 0 Å². The zero-order valence-electron chi connectivity index (χ0n) is 10.4. The quantitative estimate of drug-likeness (QED) is 0.866. The molecule has 0 spiro atoms. The van der Waals surface area contributed by atoms with Crippen LogP contribution in [0.2, 0.25) is 0 Å². The molecule has 0 atom stereocenters. The molecule has 17 heavy (non-hydrogen) atoms. The molecule has 88 valence electrons. The minimum absolute atomic E-state index is 0.878. The highest BCUT2D eigenvalue weighted by Crippen LogP contribution is 2.22. The molecule has 0 radical (unpaired) electrons. The van der Waals surface area contributed by atoms with Crippen molar-refractivity contribution < 1.29 is 0 Å². The summed E-state index contributed by atoms with van der Waals surface area (Å²) in [6.07, 6.45) is 3.85. The number of benzene rings is 1. The van der Waals surface area contributed by atoms with Crippen molar-refractivity contribution in [1.29, 1.82) is 0 Å². The van der Waals surface area contributed by atoms with E-state index in [1.165, 1.54) is 22.3 Å². The summed E-state index contributed by atoms with van der Waals surface area (Å²) in [5, 5.41) is 3.32. The normalized spacial score (nSPS) is 10.5. The van der Waals surface area contributed by atoms with E-state index in [4.69, 9.17) is 0 Å². The monoisotopic (exact) mass is 226 g/mol. The van der Waals surface area contributed by atoms with Crippen LogP contribution in [0.1, 0.15) is 18.1 Å². The zero-order valence-corrected chi connectivity index (χ0v) is 10.4. The Hall–Kier alpha value is -1.67. The molecule has 2 nitrogen and oxygen atoms in total. The molecule has 1 aromatic carbocycles. The molecule has 2 aromatic rings. The van der Waals surface area contributed by atoms with Crippen LogP contribution < -0.4 is 5.32 Å². The van der Waals surface area contributed by atoms with Gasteiger partial charge in [0, 0.05) is 24.5 Å². The number of nitrogens with zero attached hydrogens (tertiary/aromatic N) is 1. The smallest absolute Gasteiger partial charge is 0.0346 e. The van der Waals surface area contributed by atoms with E-state index in [-0.39, 0.29) is 0 Å². The molecule has 0 saturated heterocycles. The highest BCUT2D eigenvalue weighted by molar-refractivity contribution is 5.66. The Balaban J connectivity index is 2.30. The largest absolute Gasteiger partial charge is 0.313 e. The molecule has 0 saturated carbocycles. The topological polar surface area (TPSA) is 24.9 Å². The summed E-state index contributed by atoms with van der Waals surface area (Å²) < 4.78 is 0. The van der Waals surface area contributed by atoms with E-state index < -0.39 is 0 Å². The fraction of sp³-hybridized carbons (Fsp3) is 0.267. The van der Waals surface area contributed by atoms with Gasteiger partial charge in [0.15, 0.2) is 0 Å². The summed E-state index contributed by atoms with van der Waals surface area (Å²) in [4.78, 5) is 4.32. The van der Waals surface area contributed by atoms with Crippen LogP contribution >= 0.6 is 0 Å². The van der Waals surface area contributed by atoms with Crippen LogP contribution in [0.3, 0.4) is 0 Å².